The maximum absolute atomic E-state index is 12.6. The van der Waals surface area contributed by atoms with Crippen LogP contribution in [0.3, 0.4) is 0 Å². The zero-order chi connectivity index (χ0) is 18.0. The Morgan fingerprint density at radius 2 is 1.84 bits per heavy atom. The van der Waals surface area contributed by atoms with E-state index in [9.17, 15) is 18.0 Å². The van der Waals surface area contributed by atoms with Crippen LogP contribution in [0.1, 0.15) is 35.1 Å². The van der Waals surface area contributed by atoms with Crippen molar-refractivity contribution in [1.29, 1.82) is 0 Å². The van der Waals surface area contributed by atoms with Gasteiger partial charge < -0.3 is 4.90 Å². The predicted octanol–water partition coefficient (Wildman–Crippen LogP) is 3.59. The Bertz CT molecular complexity index is 731. The first kappa shape index (κ1) is 17.4. The van der Waals surface area contributed by atoms with E-state index in [2.05, 4.69) is 22.1 Å². The van der Waals surface area contributed by atoms with Gasteiger partial charge in [0.25, 0.3) is 5.91 Å². The molecule has 1 aliphatic rings. The summed E-state index contributed by atoms with van der Waals surface area (Å²) >= 11 is 0. The van der Waals surface area contributed by atoms with Crippen LogP contribution in [0.15, 0.2) is 42.7 Å². The molecular formula is C18H18F3N3O. The van der Waals surface area contributed by atoms with Gasteiger partial charge in [0.2, 0.25) is 5.82 Å². The van der Waals surface area contributed by atoms with Crippen LogP contribution in [0.25, 0.3) is 0 Å². The number of hydrogen-bond acceptors (Lipinski definition) is 3. The Hall–Kier alpha value is -2.44. The molecule has 1 saturated heterocycles. The van der Waals surface area contributed by atoms with Gasteiger partial charge in [-0.25, -0.2) is 9.97 Å². The predicted molar refractivity (Wildman–Crippen MR) is 85.8 cm³/mol. The summed E-state index contributed by atoms with van der Waals surface area (Å²) in [5.74, 6) is -1.24. The van der Waals surface area contributed by atoms with Gasteiger partial charge in [-0.2, -0.15) is 13.2 Å². The fraction of sp³-hybridized carbons (Fsp3) is 0.389. The van der Waals surface area contributed by atoms with Gasteiger partial charge in [-0.1, -0.05) is 30.3 Å². The van der Waals surface area contributed by atoms with Crippen molar-refractivity contribution >= 4 is 5.91 Å². The summed E-state index contributed by atoms with van der Waals surface area (Å²) < 4.78 is 37.6. The number of alkyl halides is 3. The highest BCUT2D eigenvalue weighted by Crippen LogP contribution is 2.29. The van der Waals surface area contributed by atoms with Gasteiger partial charge in [0.1, 0.15) is 0 Å². The topological polar surface area (TPSA) is 46.1 Å². The van der Waals surface area contributed by atoms with Crippen molar-refractivity contribution in [2.24, 2.45) is 5.92 Å². The SMILES string of the molecule is C[C@H]1[C@@H](Cc2ccccc2)CCN1C(=O)c1cnc(C(F)(F)F)nc1. The first-order chi connectivity index (χ1) is 11.9. The first-order valence-corrected chi connectivity index (χ1v) is 8.10. The van der Waals surface area contributed by atoms with Crippen LogP contribution in [-0.4, -0.2) is 33.4 Å². The van der Waals surface area contributed by atoms with E-state index in [0.29, 0.717) is 12.5 Å². The van der Waals surface area contributed by atoms with Crippen LogP contribution in [0.2, 0.25) is 0 Å². The van der Waals surface area contributed by atoms with Crippen LogP contribution in [-0.2, 0) is 12.6 Å². The summed E-state index contributed by atoms with van der Waals surface area (Å²) in [6.07, 6.45) is -0.966. The number of hydrogen-bond donors (Lipinski definition) is 0. The molecule has 0 bridgehead atoms. The standard InChI is InChI=1S/C18H18F3N3O/c1-12-14(9-13-5-3-2-4-6-13)7-8-24(12)16(25)15-10-22-17(23-11-15)18(19,20)21/h2-6,10-12,14H,7-9H2,1H3/t12-,14+/m0/s1. The van der Waals surface area contributed by atoms with E-state index in [0.717, 1.165) is 25.2 Å². The molecule has 7 heteroatoms. The van der Waals surface area contributed by atoms with Crippen molar-refractivity contribution in [2.75, 3.05) is 6.54 Å². The second-order valence-corrected chi connectivity index (χ2v) is 6.27. The molecular weight excluding hydrogens is 331 g/mol. The zero-order valence-corrected chi connectivity index (χ0v) is 13.7. The smallest absolute Gasteiger partial charge is 0.336 e. The number of carbonyl (C=O) groups is 1. The van der Waals surface area contributed by atoms with Gasteiger partial charge in [-0.3, -0.25) is 4.79 Å². The minimum atomic E-state index is -4.61. The molecule has 2 atom stereocenters. The molecule has 132 valence electrons. The number of aromatic nitrogens is 2. The monoisotopic (exact) mass is 349 g/mol. The average molecular weight is 349 g/mol. The van der Waals surface area contributed by atoms with E-state index in [1.54, 1.807) is 4.90 Å². The average Bonchev–Trinajstić information content (AvgIpc) is 2.95. The van der Waals surface area contributed by atoms with Gasteiger partial charge in [0.05, 0.1) is 5.56 Å². The van der Waals surface area contributed by atoms with E-state index in [1.807, 2.05) is 25.1 Å². The third kappa shape index (κ3) is 3.81. The van der Waals surface area contributed by atoms with Gasteiger partial charge in [-0.05, 0) is 31.2 Å². The number of rotatable bonds is 3. The Labute approximate surface area is 143 Å². The number of amides is 1. The number of likely N-dealkylation sites (tertiary alicyclic amines) is 1. The van der Waals surface area contributed by atoms with Crippen molar-refractivity contribution in [3.05, 3.63) is 59.7 Å². The first-order valence-electron chi connectivity index (χ1n) is 8.10. The summed E-state index contributed by atoms with van der Waals surface area (Å²) in [7, 11) is 0. The number of carbonyl (C=O) groups excluding carboxylic acids is 1. The van der Waals surface area contributed by atoms with Crippen LogP contribution >= 0.6 is 0 Å². The molecule has 1 aromatic carbocycles. The number of halogens is 3. The normalized spacial score (nSPS) is 20.7. The van der Waals surface area contributed by atoms with Crippen molar-refractivity contribution in [3.63, 3.8) is 0 Å². The molecule has 3 rings (SSSR count). The van der Waals surface area contributed by atoms with E-state index in [4.69, 9.17) is 0 Å². The summed E-state index contributed by atoms with van der Waals surface area (Å²) in [6.45, 7) is 2.56. The maximum atomic E-state index is 12.6. The fourth-order valence-electron chi connectivity index (χ4n) is 3.23. The molecule has 0 aliphatic carbocycles. The third-order valence-corrected chi connectivity index (χ3v) is 4.67. The number of nitrogens with zero attached hydrogens (tertiary/aromatic N) is 3. The Kier molecular flexibility index (Phi) is 4.74. The van der Waals surface area contributed by atoms with Crippen molar-refractivity contribution in [2.45, 2.75) is 32.0 Å². The quantitative estimate of drug-likeness (QED) is 0.851. The Morgan fingerprint density at radius 3 is 2.44 bits per heavy atom. The molecule has 1 aliphatic heterocycles. The molecule has 0 radical (unpaired) electrons. The molecule has 1 aromatic heterocycles. The Balaban J connectivity index is 1.69. The van der Waals surface area contributed by atoms with E-state index >= 15 is 0 Å². The molecule has 0 spiro atoms. The molecule has 2 heterocycles. The van der Waals surface area contributed by atoms with Crippen LogP contribution in [0.5, 0.6) is 0 Å². The Morgan fingerprint density at radius 1 is 1.20 bits per heavy atom. The molecule has 2 aromatic rings. The van der Waals surface area contributed by atoms with E-state index in [-0.39, 0.29) is 17.5 Å². The summed E-state index contributed by atoms with van der Waals surface area (Å²) in [5, 5.41) is 0. The summed E-state index contributed by atoms with van der Waals surface area (Å²) in [6, 6.07) is 10.0. The van der Waals surface area contributed by atoms with Crippen LogP contribution in [0, 0.1) is 5.92 Å². The van der Waals surface area contributed by atoms with Crippen molar-refractivity contribution < 1.29 is 18.0 Å². The molecule has 1 amide bonds. The van der Waals surface area contributed by atoms with E-state index in [1.165, 1.54) is 5.56 Å². The second-order valence-electron chi connectivity index (χ2n) is 6.27. The summed E-state index contributed by atoms with van der Waals surface area (Å²) in [4.78, 5) is 20.8. The zero-order valence-electron chi connectivity index (χ0n) is 13.7. The highest BCUT2D eigenvalue weighted by Gasteiger charge is 2.36. The van der Waals surface area contributed by atoms with Crippen molar-refractivity contribution in [3.8, 4) is 0 Å². The third-order valence-electron chi connectivity index (χ3n) is 4.67. The van der Waals surface area contributed by atoms with E-state index < -0.39 is 12.0 Å². The maximum Gasteiger partial charge on any atom is 0.451 e. The van der Waals surface area contributed by atoms with Crippen LogP contribution < -0.4 is 0 Å². The lowest BCUT2D eigenvalue weighted by molar-refractivity contribution is -0.145. The molecule has 0 saturated carbocycles. The minimum Gasteiger partial charge on any atom is -0.336 e. The van der Waals surface area contributed by atoms with Crippen molar-refractivity contribution in [1.82, 2.24) is 14.9 Å². The summed E-state index contributed by atoms with van der Waals surface area (Å²) in [5.41, 5.74) is 1.30. The highest BCUT2D eigenvalue weighted by atomic mass is 19.4. The molecule has 25 heavy (non-hydrogen) atoms. The number of benzene rings is 1. The molecule has 1 fully saturated rings. The van der Waals surface area contributed by atoms with Crippen LogP contribution in [0.4, 0.5) is 13.2 Å². The fourth-order valence-corrected chi connectivity index (χ4v) is 3.23. The lowest BCUT2D eigenvalue weighted by atomic mass is 9.93. The van der Waals surface area contributed by atoms with Gasteiger partial charge in [-0.15, -0.1) is 0 Å². The van der Waals surface area contributed by atoms with Gasteiger partial charge >= 0.3 is 6.18 Å². The minimum absolute atomic E-state index is 0.00926. The molecule has 0 N–H and O–H groups in total. The van der Waals surface area contributed by atoms with Gasteiger partial charge in [0, 0.05) is 25.0 Å². The highest BCUT2D eigenvalue weighted by molar-refractivity contribution is 5.94. The second kappa shape index (κ2) is 6.82. The molecule has 4 nitrogen and oxygen atoms in total. The molecule has 0 unspecified atom stereocenters. The lowest BCUT2D eigenvalue weighted by Crippen LogP contribution is -2.36. The van der Waals surface area contributed by atoms with Gasteiger partial charge in [0.15, 0.2) is 0 Å². The lowest BCUT2D eigenvalue weighted by Gasteiger charge is -2.25. The largest absolute Gasteiger partial charge is 0.451 e.